The fourth-order valence-electron chi connectivity index (χ4n) is 2.86. The molecule has 0 bridgehead atoms. The standard InChI is InChI=1S/C22H14F3N3O2/c23-22(24,25)16-8-2-3-9-17(16)27-21-15(13-14-7-1-4-10-18(14)30-21)20(29)28-19-11-5-6-12-26-19/h1-13H,(H,26,28,29). The van der Waals surface area contributed by atoms with Crippen molar-refractivity contribution >= 4 is 28.4 Å². The van der Waals surface area contributed by atoms with Gasteiger partial charge in [0.25, 0.3) is 5.91 Å². The number of carbonyl (C=O) groups is 1. The number of fused-ring (bicyclic) bond motifs is 1. The summed E-state index contributed by atoms with van der Waals surface area (Å²) in [5.74, 6) is -0.316. The van der Waals surface area contributed by atoms with Gasteiger partial charge in [-0.1, -0.05) is 36.4 Å². The number of hydrogen-bond acceptors (Lipinski definition) is 4. The quantitative estimate of drug-likeness (QED) is 0.497. The van der Waals surface area contributed by atoms with E-state index in [4.69, 9.17) is 4.42 Å². The zero-order valence-corrected chi connectivity index (χ0v) is 15.4. The van der Waals surface area contributed by atoms with Gasteiger partial charge in [0.2, 0.25) is 5.55 Å². The molecule has 0 aliphatic rings. The van der Waals surface area contributed by atoms with Crippen molar-refractivity contribution in [3.05, 3.63) is 95.7 Å². The van der Waals surface area contributed by atoms with Gasteiger partial charge in [0.15, 0.2) is 0 Å². The predicted molar refractivity (Wildman–Crippen MR) is 105 cm³/mol. The number of aromatic nitrogens is 1. The van der Waals surface area contributed by atoms with Crippen molar-refractivity contribution in [1.82, 2.24) is 4.98 Å². The maximum atomic E-state index is 13.4. The number of nitrogens with zero attached hydrogens (tertiary/aromatic N) is 2. The van der Waals surface area contributed by atoms with Crippen molar-refractivity contribution in [1.29, 1.82) is 0 Å². The van der Waals surface area contributed by atoms with Crippen molar-refractivity contribution in [3.8, 4) is 0 Å². The van der Waals surface area contributed by atoms with Crippen LogP contribution < -0.4 is 10.9 Å². The number of hydrogen-bond donors (Lipinski definition) is 1. The predicted octanol–water partition coefficient (Wildman–Crippen LogP) is 5.33. The molecule has 150 valence electrons. The second-order valence-corrected chi connectivity index (χ2v) is 6.30. The minimum Gasteiger partial charge on any atom is -0.438 e. The summed E-state index contributed by atoms with van der Waals surface area (Å²) in [4.78, 5) is 20.9. The lowest BCUT2D eigenvalue weighted by atomic mass is 10.1. The van der Waals surface area contributed by atoms with E-state index in [9.17, 15) is 18.0 Å². The van der Waals surface area contributed by atoms with Crippen LogP contribution in [0.4, 0.5) is 24.7 Å². The topological polar surface area (TPSA) is 67.5 Å². The third kappa shape index (κ3) is 4.07. The van der Waals surface area contributed by atoms with E-state index in [-0.39, 0.29) is 22.6 Å². The van der Waals surface area contributed by atoms with E-state index in [2.05, 4.69) is 15.3 Å². The lowest BCUT2D eigenvalue weighted by molar-refractivity contribution is -0.137. The van der Waals surface area contributed by atoms with Crippen LogP contribution in [0.3, 0.4) is 0 Å². The summed E-state index contributed by atoms with van der Waals surface area (Å²) in [6, 6.07) is 18.2. The highest BCUT2D eigenvalue weighted by Crippen LogP contribution is 2.35. The molecular formula is C22H14F3N3O2. The molecular weight excluding hydrogens is 395 g/mol. The van der Waals surface area contributed by atoms with Crippen molar-refractivity contribution in [3.63, 3.8) is 0 Å². The molecule has 30 heavy (non-hydrogen) atoms. The average molecular weight is 409 g/mol. The Morgan fingerprint density at radius 2 is 1.70 bits per heavy atom. The molecule has 0 aliphatic carbocycles. The van der Waals surface area contributed by atoms with Gasteiger partial charge in [-0.3, -0.25) is 4.79 Å². The van der Waals surface area contributed by atoms with Crippen LogP contribution >= 0.6 is 0 Å². The highest BCUT2D eigenvalue weighted by molar-refractivity contribution is 6.04. The fraction of sp³-hybridized carbons (Fsp3) is 0.0455. The van der Waals surface area contributed by atoms with Gasteiger partial charge in [-0.05, 0) is 36.4 Å². The van der Waals surface area contributed by atoms with E-state index >= 15 is 0 Å². The molecule has 1 amide bonds. The summed E-state index contributed by atoms with van der Waals surface area (Å²) in [7, 11) is 0. The Kier molecular flexibility index (Phi) is 5.05. The van der Waals surface area contributed by atoms with E-state index in [0.717, 1.165) is 6.07 Å². The normalized spacial score (nSPS) is 12.2. The minimum absolute atomic E-state index is 0.0173. The fourth-order valence-corrected chi connectivity index (χ4v) is 2.86. The zero-order chi connectivity index (χ0) is 21.1. The Bertz CT molecular complexity index is 1280. The number of halogens is 3. The van der Waals surface area contributed by atoms with E-state index in [1.165, 1.54) is 30.5 Å². The van der Waals surface area contributed by atoms with Crippen molar-refractivity contribution in [2.75, 3.05) is 5.32 Å². The van der Waals surface area contributed by atoms with Crippen LogP contribution in [0, 0.1) is 0 Å². The van der Waals surface area contributed by atoms with Gasteiger partial charge < -0.3 is 9.73 Å². The Morgan fingerprint density at radius 3 is 2.47 bits per heavy atom. The third-order valence-corrected chi connectivity index (χ3v) is 4.24. The number of para-hydroxylation sites is 2. The molecule has 5 nitrogen and oxygen atoms in total. The molecule has 0 spiro atoms. The molecule has 0 atom stereocenters. The summed E-state index contributed by atoms with van der Waals surface area (Å²) < 4.78 is 45.8. The second kappa shape index (κ2) is 7.82. The van der Waals surface area contributed by atoms with Crippen molar-refractivity contribution in [2.24, 2.45) is 4.99 Å². The van der Waals surface area contributed by atoms with Crippen LogP contribution in [0.25, 0.3) is 11.0 Å². The lowest BCUT2D eigenvalue weighted by Crippen LogP contribution is -2.22. The number of pyridine rings is 1. The highest BCUT2D eigenvalue weighted by atomic mass is 19.4. The van der Waals surface area contributed by atoms with Gasteiger partial charge in [-0.2, -0.15) is 13.2 Å². The van der Waals surface area contributed by atoms with Crippen LogP contribution in [-0.4, -0.2) is 10.9 Å². The van der Waals surface area contributed by atoms with E-state index < -0.39 is 17.6 Å². The molecule has 2 aromatic carbocycles. The summed E-state index contributed by atoms with van der Waals surface area (Å²) in [6.07, 6.45) is -3.10. The summed E-state index contributed by atoms with van der Waals surface area (Å²) in [6.45, 7) is 0. The van der Waals surface area contributed by atoms with Gasteiger partial charge in [0.05, 0.1) is 11.3 Å². The molecule has 0 saturated carbocycles. The van der Waals surface area contributed by atoms with E-state index in [1.807, 2.05) is 0 Å². The third-order valence-electron chi connectivity index (χ3n) is 4.24. The maximum Gasteiger partial charge on any atom is 0.418 e. The Morgan fingerprint density at radius 1 is 0.967 bits per heavy atom. The molecule has 2 heterocycles. The maximum absolute atomic E-state index is 13.4. The molecule has 0 fully saturated rings. The summed E-state index contributed by atoms with van der Waals surface area (Å²) in [5.41, 5.74) is -1.15. The first-order valence-corrected chi connectivity index (χ1v) is 8.88. The van der Waals surface area contributed by atoms with Crippen LogP contribution in [0.1, 0.15) is 15.9 Å². The van der Waals surface area contributed by atoms with Crippen LogP contribution in [-0.2, 0) is 6.18 Å². The second-order valence-electron chi connectivity index (χ2n) is 6.30. The molecule has 4 rings (SSSR count). The van der Waals surface area contributed by atoms with Gasteiger partial charge in [0.1, 0.15) is 17.0 Å². The molecule has 0 radical (unpaired) electrons. The Balaban J connectivity index is 1.90. The van der Waals surface area contributed by atoms with Gasteiger partial charge in [-0.25, -0.2) is 9.98 Å². The van der Waals surface area contributed by atoms with Crippen molar-refractivity contribution in [2.45, 2.75) is 6.18 Å². The van der Waals surface area contributed by atoms with E-state index in [1.54, 1.807) is 42.5 Å². The number of rotatable bonds is 3. The van der Waals surface area contributed by atoms with Gasteiger partial charge in [-0.15, -0.1) is 0 Å². The van der Waals surface area contributed by atoms with Crippen molar-refractivity contribution < 1.29 is 22.4 Å². The van der Waals surface area contributed by atoms with E-state index in [0.29, 0.717) is 11.0 Å². The number of anilines is 1. The number of carbonyl (C=O) groups excluding carboxylic acids is 1. The SMILES string of the molecule is O=C(Nc1ccccn1)c1cc2ccccc2oc1=Nc1ccccc1C(F)(F)F. The lowest BCUT2D eigenvalue weighted by Gasteiger charge is -2.10. The molecule has 0 aliphatic heterocycles. The largest absolute Gasteiger partial charge is 0.438 e. The summed E-state index contributed by atoms with van der Waals surface area (Å²) >= 11 is 0. The van der Waals surface area contributed by atoms with Crippen LogP contribution in [0.5, 0.6) is 0 Å². The first-order valence-electron chi connectivity index (χ1n) is 8.88. The smallest absolute Gasteiger partial charge is 0.418 e. The average Bonchev–Trinajstić information content (AvgIpc) is 2.73. The number of amides is 1. The van der Waals surface area contributed by atoms with Gasteiger partial charge in [0, 0.05) is 11.6 Å². The molecule has 0 unspecified atom stereocenters. The number of alkyl halides is 3. The first kappa shape index (κ1) is 19.4. The Hall–Kier alpha value is -3.94. The Labute approximate surface area is 168 Å². The first-order chi connectivity index (χ1) is 14.4. The number of benzene rings is 2. The summed E-state index contributed by atoms with van der Waals surface area (Å²) in [5, 5.41) is 3.21. The molecule has 2 aromatic heterocycles. The minimum atomic E-state index is -4.60. The zero-order valence-electron chi connectivity index (χ0n) is 15.4. The molecule has 4 aromatic rings. The monoisotopic (exact) mass is 409 g/mol. The number of nitrogens with one attached hydrogen (secondary N) is 1. The molecule has 0 saturated heterocycles. The van der Waals surface area contributed by atoms with Crippen LogP contribution in [0.15, 0.2) is 88.4 Å². The highest BCUT2D eigenvalue weighted by Gasteiger charge is 2.33. The van der Waals surface area contributed by atoms with Crippen LogP contribution in [0.2, 0.25) is 0 Å². The van der Waals surface area contributed by atoms with Gasteiger partial charge >= 0.3 is 6.18 Å². The molecule has 8 heteroatoms. The molecule has 1 N–H and O–H groups in total.